The lowest BCUT2D eigenvalue weighted by atomic mass is 10.5. The van der Waals surface area contributed by atoms with Crippen LogP contribution in [0.5, 0.6) is 5.75 Å². The number of hydrogen-bond acceptors (Lipinski definition) is 2. The molecule has 0 fully saturated rings. The van der Waals surface area contributed by atoms with Gasteiger partial charge in [-0.1, -0.05) is 11.5 Å². The molecular weight excluding hydrogens is 134 g/mol. The Morgan fingerprint density at radius 1 is 1.56 bits per heavy atom. The number of nitrogens with zero attached hydrogens (tertiary/aromatic N) is 1. The lowest BCUT2D eigenvalue weighted by Crippen LogP contribution is -1.62. The van der Waals surface area contributed by atoms with Crippen molar-refractivity contribution in [2.24, 2.45) is 0 Å². The van der Waals surface area contributed by atoms with Crippen LogP contribution in [0.2, 0.25) is 0 Å². The minimum atomic E-state index is 0.366. The maximum Gasteiger partial charge on any atom is 0.151 e. The molecule has 0 unspecified atom stereocenters. The number of aromatic nitrogens is 1. The molecule has 0 atom stereocenters. The molecule has 0 aliphatic heterocycles. The van der Waals surface area contributed by atoms with E-state index in [1.54, 1.807) is 5.38 Å². The molecule has 0 aromatic carbocycles. The Kier molecular flexibility index (Phi) is 0.818. The smallest absolute Gasteiger partial charge is 0.151 e. The second-order valence-corrected chi connectivity index (χ2v) is 2.67. The predicted octanol–water partition coefficient (Wildman–Crippen LogP) is 1.71. The fourth-order valence-corrected chi connectivity index (χ4v) is 1.57. The Bertz CT molecular complexity index is 322. The largest absolute Gasteiger partial charge is 0.505 e. The fraction of sp³-hybridized carbons (Fsp3) is 0. The molecular formula is C6H5NOS. The van der Waals surface area contributed by atoms with E-state index in [0.29, 0.717) is 5.75 Å². The van der Waals surface area contributed by atoms with Crippen molar-refractivity contribution in [3.63, 3.8) is 0 Å². The molecule has 0 saturated heterocycles. The Morgan fingerprint density at radius 3 is 3.22 bits per heavy atom. The zero-order valence-corrected chi connectivity index (χ0v) is 5.43. The number of rotatable bonds is 0. The van der Waals surface area contributed by atoms with Gasteiger partial charge >= 0.3 is 0 Å². The van der Waals surface area contributed by atoms with Crippen LogP contribution in [0.1, 0.15) is 0 Å². The highest BCUT2D eigenvalue weighted by atomic mass is 32.1. The van der Waals surface area contributed by atoms with Gasteiger partial charge in [0.25, 0.3) is 0 Å². The number of aromatic hydroxyl groups is 1. The van der Waals surface area contributed by atoms with Crippen molar-refractivity contribution < 1.29 is 5.11 Å². The highest BCUT2D eigenvalue weighted by Gasteiger charge is 1.97. The molecule has 0 bridgehead atoms. The van der Waals surface area contributed by atoms with Crippen molar-refractivity contribution in [1.29, 1.82) is 0 Å². The third-order valence-corrected chi connectivity index (χ3v) is 2.13. The van der Waals surface area contributed by atoms with E-state index in [1.807, 2.05) is 22.1 Å². The fourth-order valence-electron chi connectivity index (χ4n) is 0.823. The molecule has 9 heavy (non-hydrogen) atoms. The lowest BCUT2D eigenvalue weighted by molar-refractivity contribution is 0.482. The summed E-state index contributed by atoms with van der Waals surface area (Å²) in [7, 11) is 0. The summed E-state index contributed by atoms with van der Waals surface area (Å²) in [5.74, 6) is 0.366. The zero-order valence-electron chi connectivity index (χ0n) is 4.61. The summed E-state index contributed by atoms with van der Waals surface area (Å²) < 4.78 is 1.91. The van der Waals surface area contributed by atoms with Crippen molar-refractivity contribution in [2.45, 2.75) is 0 Å². The van der Waals surface area contributed by atoms with Crippen LogP contribution in [0.3, 0.4) is 0 Å². The van der Waals surface area contributed by atoms with Gasteiger partial charge in [-0.25, -0.2) is 0 Å². The second-order valence-electron chi connectivity index (χ2n) is 1.83. The SMILES string of the molecule is Oc1csn2cccc12. The predicted molar refractivity (Wildman–Crippen MR) is 36.9 cm³/mol. The van der Waals surface area contributed by atoms with Gasteiger partial charge in [0.2, 0.25) is 0 Å². The first kappa shape index (κ1) is 4.88. The standard InChI is InChI=1S/C6H5NOS/c8-6-4-9-7-3-1-2-5(6)7/h1-4,8H. The molecule has 1 N–H and O–H groups in total. The number of hydrogen-bond donors (Lipinski definition) is 1. The average Bonchev–Trinajstić information content (AvgIpc) is 2.35. The highest BCUT2D eigenvalue weighted by Crippen LogP contribution is 2.22. The molecule has 0 aliphatic rings. The Balaban J connectivity index is 2.99. The van der Waals surface area contributed by atoms with Crippen molar-refractivity contribution in [2.75, 3.05) is 0 Å². The molecule has 2 aromatic heterocycles. The van der Waals surface area contributed by atoms with Crippen LogP contribution in [0.4, 0.5) is 0 Å². The van der Waals surface area contributed by atoms with Gasteiger partial charge < -0.3 is 5.11 Å². The van der Waals surface area contributed by atoms with E-state index in [9.17, 15) is 0 Å². The second kappa shape index (κ2) is 1.51. The van der Waals surface area contributed by atoms with Gasteiger partial charge in [-0.2, -0.15) is 0 Å². The van der Waals surface area contributed by atoms with E-state index in [2.05, 4.69) is 0 Å². The van der Waals surface area contributed by atoms with Crippen LogP contribution in [0.25, 0.3) is 5.52 Å². The minimum absolute atomic E-state index is 0.366. The lowest BCUT2D eigenvalue weighted by Gasteiger charge is -1.78. The van der Waals surface area contributed by atoms with Gasteiger partial charge in [0, 0.05) is 6.20 Å². The van der Waals surface area contributed by atoms with Gasteiger partial charge in [-0.15, -0.1) is 0 Å². The summed E-state index contributed by atoms with van der Waals surface area (Å²) in [6.07, 6.45) is 1.92. The van der Waals surface area contributed by atoms with Gasteiger partial charge in [0.1, 0.15) is 0 Å². The summed E-state index contributed by atoms with van der Waals surface area (Å²) in [6.45, 7) is 0. The molecule has 2 rings (SSSR count). The third kappa shape index (κ3) is 0.549. The van der Waals surface area contributed by atoms with Crippen LogP contribution in [-0.4, -0.2) is 8.90 Å². The maximum absolute atomic E-state index is 9.09. The van der Waals surface area contributed by atoms with Gasteiger partial charge in [0.05, 0.1) is 10.9 Å². The zero-order chi connectivity index (χ0) is 6.27. The molecule has 46 valence electrons. The number of fused-ring (bicyclic) bond motifs is 1. The molecule has 2 aromatic rings. The average molecular weight is 139 g/mol. The Hall–Kier alpha value is -0.960. The summed E-state index contributed by atoms with van der Waals surface area (Å²) in [5.41, 5.74) is 0.889. The van der Waals surface area contributed by atoms with Crippen LogP contribution in [0, 0.1) is 0 Å². The van der Waals surface area contributed by atoms with E-state index < -0.39 is 0 Å². The summed E-state index contributed by atoms with van der Waals surface area (Å²) in [5, 5.41) is 10.8. The van der Waals surface area contributed by atoms with Crippen molar-refractivity contribution in [3.8, 4) is 5.75 Å². The third-order valence-electron chi connectivity index (χ3n) is 1.25. The van der Waals surface area contributed by atoms with Crippen molar-refractivity contribution >= 4 is 17.0 Å². The monoisotopic (exact) mass is 139 g/mol. The van der Waals surface area contributed by atoms with E-state index >= 15 is 0 Å². The van der Waals surface area contributed by atoms with E-state index in [1.165, 1.54) is 11.5 Å². The molecule has 2 nitrogen and oxygen atoms in total. The van der Waals surface area contributed by atoms with Crippen molar-refractivity contribution in [1.82, 2.24) is 3.79 Å². The van der Waals surface area contributed by atoms with E-state index in [-0.39, 0.29) is 0 Å². The first-order chi connectivity index (χ1) is 4.38. The molecule has 0 saturated carbocycles. The molecule has 0 radical (unpaired) electrons. The topological polar surface area (TPSA) is 24.6 Å². The maximum atomic E-state index is 9.09. The van der Waals surface area contributed by atoms with Crippen molar-refractivity contribution in [3.05, 3.63) is 23.7 Å². The molecule has 0 aliphatic carbocycles. The highest BCUT2D eigenvalue weighted by molar-refractivity contribution is 7.05. The van der Waals surface area contributed by atoms with E-state index in [0.717, 1.165) is 5.52 Å². The summed E-state index contributed by atoms with van der Waals surface area (Å²) >= 11 is 1.49. The quantitative estimate of drug-likeness (QED) is 0.590. The van der Waals surface area contributed by atoms with Crippen LogP contribution < -0.4 is 0 Å². The molecule has 3 heteroatoms. The van der Waals surface area contributed by atoms with Crippen LogP contribution >= 0.6 is 11.5 Å². The van der Waals surface area contributed by atoms with Gasteiger partial charge in [-0.3, -0.25) is 3.79 Å². The van der Waals surface area contributed by atoms with Gasteiger partial charge in [0.15, 0.2) is 5.75 Å². The first-order valence-electron chi connectivity index (χ1n) is 2.62. The van der Waals surface area contributed by atoms with E-state index in [4.69, 9.17) is 5.11 Å². The van der Waals surface area contributed by atoms with Crippen LogP contribution in [0.15, 0.2) is 23.7 Å². The Morgan fingerprint density at radius 2 is 2.44 bits per heavy atom. The summed E-state index contributed by atoms with van der Waals surface area (Å²) in [6, 6.07) is 3.79. The van der Waals surface area contributed by atoms with Gasteiger partial charge in [-0.05, 0) is 12.1 Å². The normalized spacial score (nSPS) is 10.7. The van der Waals surface area contributed by atoms with Crippen LogP contribution in [-0.2, 0) is 0 Å². The molecule has 2 heterocycles. The Labute approximate surface area is 56.1 Å². The molecule has 0 spiro atoms. The first-order valence-corrected chi connectivity index (χ1v) is 3.45. The summed E-state index contributed by atoms with van der Waals surface area (Å²) in [4.78, 5) is 0. The molecule has 0 amide bonds. The minimum Gasteiger partial charge on any atom is -0.505 e.